The minimum atomic E-state index is -0.446. The second-order valence-corrected chi connectivity index (χ2v) is 7.14. The van der Waals surface area contributed by atoms with Crippen LogP contribution in [0.3, 0.4) is 0 Å². The van der Waals surface area contributed by atoms with E-state index < -0.39 is 11.0 Å². The number of rotatable bonds is 8. The number of nitrogens with one attached hydrogen (secondary N) is 1. The highest BCUT2D eigenvalue weighted by Gasteiger charge is 2.23. The van der Waals surface area contributed by atoms with Crippen LogP contribution >= 0.6 is 0 Å². The number of nitro groups is 1. The number of nitrogens with zero attached hydrogens (tertiary/aromatic N) is 2. The maximum atomic E-state index is 12.3. The second-order valence-electron chi connectivity index (χ2n) is 7.14. The molecule has 0 aromatic heterocycles. The van der Waals surface area contributed by atoms with Gasteiger partial charge in [-0.15, -0.1) is 0 Å². The summed E-state index contributed by atoms with van der Waals surface area (Å²) in [7, 11) is 0. The van der Waals surface area contributed by atoms with Crippen LogP contribution in [0.1, 0.15) is 51.0 Å². The first-order chi connectivity index (χ1) is 12.4. The van der Waals surface area contributed by atoms with Gasteiger partial charge in [-0.25, -0.2) is 0 Å². The van der Waals surface area contributed by atoms with Gasteiger partial charge in [0.05, 0.1) is 22.3 Å². The zero-order valence-electron chi connectivity index (χ0n) is 15.6. The third-order valence-corrected chi connectivity index (χ3v) is 4.99. The molecule has 0 bridgehead atoms. The Bertz CT molecular complexity index is 627. The first-order valence-electron chi connectivity index (χ1n) is 9.34. The lowest BCUT2D eigenvalue weighted by Gasteiger charge is -2.35. The van der Waals surface area contributed by atoms with Crippen LogP contribution in [0.5, 0.6) is 0 Å². The summed E-state index contributed by atoms with van der Waals surface area (Å²) in [4.78, 5) is 25.1. The van der Waals surface area contributed by atoms with Crippen molar-refractivity contribution in [2.24, 2.45) is 0 Å². The van der Waals surface area contributed by atoms with Crippen LogP contribution in [0.2, 0.25) is 0 Å². The lowest BCUT2D eigenvalue weighted by molar-refractivity contribution is -0.385. The molecule has 0 radical (unpaired) electrons. The third kappa shape index (κ3) is 5.78. The molecule has 1 aliphatic carbocycles. The number of hydrogen-bond donors (Lipinski definition) is 2. The first-order valence-corrected chi connectivity index (χ1v) is 9.34. The largest absolute Gasteiger partial charge is 0.392 e. The Labute approximate surface area is 154 Å². The third-order valence-electron chi connectivity index (χ3n) is 4.99. The van der Waals surface area contributed by atoms with Crippen molar-refractivity contribution in [3.8, 4) is 0 Å². The molecule has 144 valence electrons. The lowest BCUT2D eigenvalue weighted by atomic mass is 9.94. The molecule has 7 nitrogen and oxygen atoms in total. The van der Waals surface area contributed by atoms with Crippen molar-refractivity contribution in [3.63, 3.8) is 0 Å². The summed E-state index contributed by atoms with van der Waals surface area (Å²) in [5.74, 6) is -0.167. The van der Waals surface area contributed by atoms with Crippen molar-refractivity contribution in [3.05, 3.63) is 33.9 Å². The Morgan fingerprint density at radius 3 is 2.69 bits per heavy atom. The molecule has 1 atom stereocenters. The van der Waals surface area contributed by atoms with Gasteiger partial charge < -0.3 is 10.4 Å². The second kappa shape index (κ2) is 9.64. The fourth-order valence-electron chi connectivity index (χ4n) is 3.62. The first kappa shape index (κ1) is 20.3. The number of carbonyl (C=O) groups excluding carboxylic acids is 1. The molecule has 1 aliphatic rings. The number of nitro benzene ring substituents is 1. The molecule has 7 heteroatoms. The van der Waals surface area contributed by atoms with Crippen molar-refractivity contribution in [2.75, 3.05) is 18.4 Å². The highest BCUT2D eigenvalue weighted by Crippen LogP contribution is 2.26. The minimum absolute atomic E-state index is 0.000683. The Morgan fingerprint density at radius 1 is 1.38 bits per heavy atom. The van der Waals surface area contributed by atoms with Crippen LogP contribution in [-0.4, -0.2) is 46.1 Å². The maximum Gasteiger partial charge on any atom is 0.274 e. The van der Waals surface area contributed by atoms with E-state index in [-0.39, 0.29) is 11.6 Å². The van der Waals surface area contributed by atoms with Crippen molar-refractivity contribution >= 4 is 17.3 Å². The summed E-state index contributed by atoms with van der Waals surface area (Å²) in [6.45, 7) is 4.54. The van der Waals surface area contributed by atoms with Gasteiger partial charge in [-0.05, 0) is 32.8 Å². The molecular weight excluding hydrogens is 334 g/mol. The zero-order valence-corrected chi connectivity index (χ0v) is 15.6. The molecule has 0 aliphatic heterocycles. The van der Waals surface area contributed by atoms with E-state index in [4.69, 9.17) is 0 Å². The quantitative estimate of drug-likeness (QED) is 0.546. The smallest absolute Gasteiger partial charge is 0.274 e. The van der Waals surface area contributed by atoms with Crippen LogP contribution < -0.4 is 5.32 Å². The topological polar surface area (TPSA) is 95.7 Å². The van der Waals surface area contributed by atoms with Gasteiger partial charge in [0.1, 0.15) is 0 Å². The molecule has 1 saturated carbocycles. The van der Waals surface area contributed by atoms with Crippen LogP contribution in [0, 0.1) is 17.0 Å². The molecular formula is C19H29N3O4. The number of hydrogen-bond acceptors (Lipinski definition) is 5. The fraction of sp³-hybridized carbons (Fsp3) is 0.632. The molecule has 1 aromatic rings. The molecule has 1 amide bonds. The molecule has 2 N–H and O–H groups in total. The van der Waals surface area contributed by atoms with Crippen LogP contribution in [0.25, 0.3) is 0 Å². The number of amides is 1. The van der Waals surface area contributed by atoms with E-state index >= 15 is 0 Å². The highest BCUT2D eigenvalue weighted by atomic mass is 16.6. The molecule has 26 heavy (non-hydrogen) atoms. The fourth-order valence-corrected chi connectivity index (χ4v) is 3.62. The number of anilines is 1. The lowest BCUT2D eigenvalue weighted by Crippen LogP contribution is -2.42. The van der Waals surface area contributed by atoms with E-state index in [1.165, 1.54) is 25.3 Å². The van der Waals surface area contributed by atoms with Gasteiger partial charge in [0, 0.05) is 31.6 Å². The predicted octanol–water partition coefficient (Wildman–Crippen LogP) is 3.25. The maximum absolute atomic E-state index is 12.3. The van der Waals surface area contributed by atoms with Gasteiger partial charge in [-0.2, -0.15) is 0 Å². The Balaban J connectivity index is 1.95. The number of aliphatic hydroxyl groups excluding tert-OH is 1. The average Bonchev–Trinajstić information content (AvgIpc) is 2.60. The average molecular weight is 363 g/mol. The summed E-state index contributed by atoms with van der Waals surface area (Å²) in [6, 6.07) is 5.10. The van der Waals surface area contributed by atoms with E-state index in [0.717, 1.165) is 12.8 Å². The number of aliphatic hydroxyl groups is 1. The van der Waals surface area contributed by atoms with E-state index in [2.05, 4.69) is 10.2 Å². The highest BCUT2D eigenvalue weighted by molar-refractivity contribution is 5.92. The summed E-state index contributed by atoms with van der Waals surface area (Å²) in [5, 5.41) is 23.6. The molecule has 0 saturated heterocycles. The van der Waals surface area contributed by atoms with Crippen molar-refractivity contribution in [1.82, 2.24) is 4.90 Å². The van der Waals surface area contributed by atoms with Crippen molar-refractivity contribution in [1.29, 1.82) is 0 Å². The van der Waals surface area contributed by atoms with E-state index in [1.54, 1.807) is 26.0 Å². The van der Waals surface area contributed by atoms with E-state index in [9.17, 15) is 20.0 Å². The van der Waals surface area contributed by atoms with Crippen LogP contribution in [-0.2, 0) is 4.79 Å². The van der Waals surface area contributed by atoms with Crippen LogP contribution in [0.15, 0.2) is 18.2 Å². The molecule has 2 rings (SSSR count). The van der Waals surface area contributed by atoms with Gasteiger partial charge in [-0.3, -0.25) is 19.8 Å². The molecule has 1 aromatic carbocycles. The standard InChI is InChI=1S/C19H29N3O4/c1-14(23)13-21(16-7-4-3-5-8-16)12-11-19(24)20-17-9-6-10-18(15(17)2)22(25)26/h6,9-10,14,16,23H,3-5,7-8,11-13H2,1-2H3,(H,20,24). The number of carbonyl (C=O) groups is 1. The van der Waals surface area contributed by atoms with E-state index in [1.807, 2.05) is 0 Å². The SMILES string of the molecule is Cc1c(NC(=O)CCN(CC(C)O)C2CCCCC2)cccc1[N+](=O)[O-]. The van der Waals surface area contributed by atoms with Crippen LogP contribution in [0.4, 0.5) is 11.4 Å². The van der Waals surface area contributed by atoms with Gasteiger partial charge in [0.25, 0.3) is 5.69 Å². The summed E-state index contributed by atoms with van der Waals surface area (Å²) in [5.41, 5.74) is 0.934. The monoisotopic (exact) mass is 363 g/mol. The summed E-state index contributed by atoms with van der Waals surface area (Å²) in [6.07, 6.45) is 5.73. The van der Waals surface area contributed by atoms with Gasteiger partial charge >= 0.3 is 0 Å². The Morgan fingerprint density at radius 2 is 2.08 bits per heavy atom. The number of benzene rings is 1. The van der Waals surface area contributed by atoms with Crippen molar-refractivity contribution < 1.29 is 14.8 Å². The van der Waals surface area contributed by atoms with Gasteiger partial charge in [-0.1, -0.05) is 25.3 Å². The van der Waals surface area contributed by atoms with Gasteiger partial charge in [0.2, 0.25) is 5.91 Å². The molecule has 1 unspecified atom stereocenters. The Kier molecular flexibility index (Phi) is 7.53. The predicted molar refractivity (Wildman–Crippen MR) is 101 cm³/mol. The molecule has 0 spiro atoms. The minimum Gasteiger partial charge on any atom is -0.392 e. The Hall–Kier alpha value is -1.99. The van der Waals surface area contributed by atoms with E-state index in [0.29, 0.717) is 36.8 Å². The summed E-state index contributed by atoms with van der Waals surface area (Å²) < 4.78 is 0. The van der Waals surface area contributed by atoms with Crippen molar-refractivity contribution in [2.45, 2.75) is 64.5 Å². The van der Waals surface area contributed by atoms with Gasteiger partial charge in [0.15, 0.2) is 0 Å². The summed E-state index contributed by atoms with van der Waals surface area (Å²) >= 11 is 0. The molecule has 1 fully saturated rings. The zero-order chi connectivity index (χ0) is 19.1. The normalized spacial score (nSPS) is 16.5. The molecule has 0 heterocycles.